The molecule has 30 heavy (non-hydrogen) atoms. The monoisotopic (exact) mass is 443 g/mol. The number of amides is 1. The van der Waals surface area contributed by atoms with E-state index in [1.165, 1.54) is 0 Å². The SMILES string of the molecule is CC(=O)OCC1OC(OC(C)=O)C(OC(C)=O)C(NC(=O)C(F)(F)F)C1OC(C)=O. The summed E-state index contributed by atoms with van der Waals surface area (Å²) in [5.74, 6) is -6.23. The Labute approximate surface area is 168 Å². The highest BCUT2D eigenvalue weighted by atomic mass is 19.4. The standard InChI is InChI=1S/C16H20F3NO10/c1-6(21)26-5-10-12(27-7(2)22)11(20-15(25)16(17,18)19)13(28-8(3)23)14(30-10)29-9(4)24/h10-14H,5H2,1-4H3,(H,20,25). The summed E-state index contributed by atoms with van der Waals surface area (Å²) in [5, 5.41) is 1.56. The van der Waals surface area contributed by atoms with E-state index in [4.69, 9.17) is 23.7 Å². The van der Waals surface area contributed by atoms with Crippen LogP contribution in [0.2, 0.25) is 0 Å². The number of nitrogens with one attached hydrogen (secondary N) is 1. The summed E-state index contributed by atoms with van der Waals surface area (Å²) in [6, 6.07) is -1.87. The molecule has 0 aliphatic carbocycles. The second-order valence-corrected chi connectivity index (χ2v) is 6.10. The van der Waals surface area contributed by atoms with E-state index in [0.29, 0.717) is 0 Å². The highest BCUT2D eigenvalue weighted by Gasteiger charge is 2.54. The van der Waals surface area contributed by atoms with Gasteiger partial charge in [0.05, 0.1) is 0 Å². The van der Waals surface area contributed by atoms with E-state index in [1.807, 2.05) is 0 Å². The first-order valence-electron chi connectivity index (χ1n) is 8.40. The largest absolute Gasteiger partial charge is 0.471 e. The highest BCUT2D eigenvalue weighted by molar-refractivity contribution is 5.82. The average Bonchev–Trinajstić information content (AvgIpc) is 2.56. The molecular formula is C16H20F3NO10. The molecular weight excluding hydrogens is 423 g/mol. The van der Waals surface area contributed by atoms with Crippen molar-refractivity contribution in [2.75, 3.05) is 6.61 Å². The van der Waals surface area contributed by atoms with E-state index in [2.05, 4.69) is 0 Å². The summed E-state index contributed by atoms with van der Waals surface area (Å²) in [6.07, 6.45) is -12.2. The van der Waals surface area contributed by atoms with E-state index in [1.54, 1.807) is 5.32 Å². The molecule has 1 amide bonds. The summed E-state index contributed by atoms with van der Waals surface area (Å²) in [4.78, 5) is 57.0. The normalized spacial score (nSPS) is 26.2. The van der Waals surface area contributed by atoms with E-state index < -0.39 is 73.2 Å². The lowest BCUT2D eigenvalue weighted by Crippen LogP contribution is -2.68. The van der Waals surface area contributed by atoms with Gasteiger partial charge < -0.3 is 29.0 Å². The van der Waals surface area contributed by atoms with Crippen molar-refractivity contribution in [2.45, 2.75) is 64.5 Å². The van der Waals surface area contributed by atoms with Crippen LogP contribution in [0.5, 0.6) is 0 Å². The second kappa shape index (κ2) is 10.2. The number of hydrogen-bond donors (Lipinski definition) is 1. The average molecular weight is 443 g/mol. The quantitative estimate of drug-likeness (QED) is 0.431. The van der Waals surface area contributed by atoms with Crippen LogP contribution >= 0.6 is 0 Å². The summed E-state index contributed by atoms with van der Waals surface area (Å²) in [6.45, 7) is 3.15. The lowest BCUT2D eigenvalue weighted by Gasteiger charge is -2.44. The molecule has 1 aliphatic rings. The molecule has 0 aromatic carbocycles. The Morgan fingerprint density at radius 2 is 1.33 bits per heavy atom. The van der Waals surface area contributed by atoms with Crippen molar-refractivity contribution in [1.29, 1.82) is 0 Å². The molecule has 0 aromatic heterocycles. The maximum Gasteiger partial charge on any atom is 0.471 e. The zero-order valence-corrected chi connectivity index (χ0v) is 16.3. The summed E-state index contributed by atoms with van der Waals surface area (Å²) < 4.78 is 63.3. The van der Waals surface area contributed by atoms with Crippen LogP contribution in [0.3, 0.4) is 0 Å². The Morgan fingerprint density at radius 1 is 0.833 bits per heavy atom. The fourth-order valence-corrected chi connectivity index (χ4v) is 2.57. The summed E-state index contributed by atoms with van der Waals surface area (Å²) >= 11 is 0. The second-order valence-electron chi connectivity index (χ2n) is 6.10. The van der Waals surface area contributed by atoms with E-state index in [9.17, 15) is 37.1 Å². The summed E-state index contributed by atoms with van der Waals surface area (Å²) in [5.41, 5.74) is 0. The van der Waals surface area contributed by atoms with Gasteiger partial charge in [-0.15, -0.1) is 0 Å². The van der Waals surface area contributed by atoms with Crippen molar-refractivity contribution >= 4 is 29.8 Å². The van der Waals surface area contributed by atoms with Gasteiger partial charge in [0, 0.05) is 27.7 Å². The van der Waals surface area contributed by atoms with Gasteiger partial charge in [-0.1, -0.05) is 0 Å². The van der Waals surface area contributed by atoms with Crippen molar-refractivity contribution in [3.63, 3.8) is 0 Å². The number of esters is 4. The van der Waals surface area contributed by atoms with E-state index in [-0.39, 0.29) is 0 Å². The number of alkyl halides is 3. The number of carbonyl (C=O) groups is 5. The van der Waals surface area contributed by atoms with E-state index >= 15 is 0 Å². The van der Waals surface area contributed by atoms with Crippen LogP contribution in [-0.4, -0.2) is 73.2 Å². The van der Waals surface area contributed by atoms with Crippen molar-refractivity contribution in [1.82, 2.24) is 5.32 Å². The number of hydrogen-bond acceptors (Lipinski definition) is 10. The molecule has 5 unspecified atom stereocenters. The maximum absolute atomic E-state index is 12.8. The third kappa shape index (κ3) is 7.50. The smallest absolute Gasteiger partial charge is 0.463 e. The van der Waals surface area contributed by atoms with Gasteiger partial charge in [0.25, 0.3) is 0 Å². The Bertz CT molecular complexity index is 695. The molecule has 5 atom stereocenters. The van der Waals surface area contributed by atoms with Gasteiger partial charge in [-0.25, -0.2) is 0 Å². The third-order valence-electron chi connectivity index (χ3n) is 3.54. The van der Waals surface area contributed by atoms with Gasteiger partial charge in [0.1, 0.15) is 18.8 Å². The maximum atomic E-state index is 12.8. The predicted molar refractivity (Wildman–Crippen MR) is 86.2 cm³/mol. The molecule has 14 heteroatoms. The minimum absolute atomic E-state index is 0.643. The molecule has 1 rings (SSSR count). The number of carbonyl (C=O) groups excluding carboxylic acids is 5. The molecule has 1 N–H and O–H groups in total. The Kier molecular flexibility index (Phi) is 8.57. The Balaban J connectivity index is 3.41. The topological polar surface area (TPSA) is 144 Å². The van der Waals surface area contributed by atoms with Crippen molar-refractivity contribution in [2.24, 2.45) is 0 Å². The van der Waals surface area contributed by atoms with Crippen LogP contribution in [0.25, 0.3) is 0 Å². The van der Waals surface area contributed by atoms with Crippen LogP contribution in [0.1, 0.15) is 27.7 Å². The molecule has 1 fully saturated rings. The van der Waals surface area contributed by atoms with E-state index in [0.717, 1.165) is 27.7 Å². The van der Waals surface area contributed by atoms with Crippen LogP contribution in [-0.2, 0) is 47.7 Å². The Morgan fingerprint density at radius 3 is 1.77 bits per heavy atom. The minimum atomic E-state index is -5.35. The molecule has 11 nitrogen and oxygen atoms in total. The molecule has 0 saturated carbocycles. The molecule has 1 saturated heterocycles. The number of rotatable bonds is 6. The number of halogens is 3. The number of ether oxygens (including phenoxy) is 5. The Hall–Kier alpha value is -2.90. The molecule has 1 heterocycles. The predicted octanol–water partition coefficient (Wildman–Crippen LogP) is -0.252. The van der Waals surface area contributed by atoms with Gasteiger partial charge in [-0.2, -0.15) is 13.2 Å². The fraction of sp³-hybridized carbons (Fsp3) is 0.688. The van der Waals surface area contributed by atoms with Crippen molar-refractivity contribution in [3.05, 3.63) is 0 Å². The van der Waals surface area contributed by atoms with Gasteiger partial charge in [0.2, 0.25) is 6.29 Å². The zero-order valence-electron chi connectivity index (χ0n) is 16.3. The summed E-state index contributed by atoms with van der Waals surface area (Å²) in [7, 11) is 0. The van der Waals surface area contributed by atoms with Gasteiger partial charge in [0.15, 0.2) is 12.2 Å². The van der Waals surface area contributed by atoms with Crippen molar-refractivity contribution < 1.29 is 60.8 Å². The van der Waals surface area contributed by atoms with Crippen molar-refractivity contribution in [3.8, 4) is 0 Å². The molecule has 170 valence electrons. The fourth-order valence-electron chi connectivity index (χ4n) is 2.57. The van der Waals surface area contributed by atoms with Crippen LogP contribution in [0.15, 0.2) is 0 Å². The third-order valence-corrected chi connectivity index (χ3v) is 3.54. The zero-order chi connectivity index (χ0) is 23.2. The molecule has 1 aliphatic heterocycles. The van der Waals surface area contributed by atoms with Gasteiger partial charge in [-0.05, 0) is 0 Å². The van der Waals surface area contributed by atoms with Gasteiger partial charge in [-0.3, -0.25) is 24.0 Å². The molecule has 0 spiro atoms. The first-order valence-corrected chi connectivity index (χ1v) is 8.40. The lowest BCUT2D eigenvalue weighted by molar-refractivity contribution is -0.278. The first-order chi connectivity index (χ1) is 13.7. The van der Waals surface area contributed by atoms with Crippen LogP contribution in [0.4, 0.5) is 13.2 Å². The molecule has 0 bridgehead atoms. The highest BCUT2D eigenvalue weighted by Crippen LogP contribution is 2.29. The van der Waals surface area contributed by atoms with Crippen LogP contribution in [0, 0.1) is 0 Å². The molecule has 0 aromatic rings. The molecule has 0 radical (unpaired) electrons. The van der Waals surface area contributed by atoms with Crippen LogP contribution < -0.4 is 5.32 Å². The lowest BCUT2D eigenvalue weighted by atomic mass is 9.95. The van der Waals surface area contributed by atoms with Gasteiger partial charge >= 0.3 is 36.0 Å². The minimum Gasteiger partial charge on any atom is -0.463 e. The first kappa shape index (κ1) is 25.1.